The monoisotopic (exact) mass is 229 g/mol. The summed E-state index contributed by atoms with van der Waals surface area (Å²) in [7, 11) is 1.88. The number of rotatable bonds is 3. The number of carbonyl (C=O) groups excluding carboxylic acids is 1. The SMILES string of the molecule is CCCCC1=Cc2ccccc2CC(=O)N1C. The van der Waals surface area contributed by atoms with Crippen molar-refractivity contribution in [1.82, 2.24) is 4.90 Å². The number of hydrogen-bond donors (Lipinski definition) is 0. The van der Waals surface area contributed by atoms with Crippen molar-refractivity contribution in [3.8, 4) is 0 Å². The number of carbonyl (C=O) groups is 1. The molecule has 2 heteroatoms. The van der Waals surface area contributed by atoms with Gasteiger partial charge in [0.05, 0.1) is 6.42 Å². The number of fused-ring (bicyclic) bond motifs is 1. The maximum absolute atomic E-state index is 12.0. The van der Waals surface area contributed by atoms with Crippen LogP contribution in [0.1, 0.15) is 37.3 Å². The van der Waals surface area contributed by atoms with E-state index in [2.05, 4.69) is 19.1 Å². The summed E-state index contributed by atoms with van der Waals surface area (Å²) in [6.45, 7) is 2.17. The van der Waals surface area contributed by atoms with Gasteiger partial charge in [0.1, 0.15) is 0 Å². The molecule has 0 bridgehead atoms. The van der Waals surface area contributed by atoms with Gasteiger partial charge in [-0.25, -0.2) is 0 Å². The van der Waals surface area contributed by atoms with E-state index >= 15 is 0 Å². The molecule has 1 heterocycles. The van der Waals surface area contributed by atoms with Gasteiger partial charge in [0.2, 0.25) is 5.91 Å². The van der Waals surface area contributed by atoms with Gasteiger partial charge < -0.3 is 4.90 Å². The number of likely N-dealkylation sites (N-methyl/N-ethyl adjacent to an activating group) is 1. The van der Waals surface area contributed by atoms with E-state index in [4.69, 9.17) is 0 Å². The van der Waals surface area contributed by atoms with E-state index in [0.717, 1.165) is 30.5 Å². The highest BCUT2D eigenvalue weighted by Gasteiger charge is 2.18. The highest BCUT2D eigenvalue weighted by molar-refractivity contribution is 5.84. The average molecular weight is 229 g/mol. The van der Waals surface area contributed by atoms with Gasteiger partial charge in [-0.3, -0.25) is 4.79 Å². The predicted octanol–water partition coefficient (Wildman–Crippen LogP) is 3.23. The molecule has 0 spiro atoms. The summed E-state index contributed by atoms with van der Waals surface area (Å²) in [5.41, 5.74) is 3.47. The fourth-order valence-electron chi connectivity index (χ4n) is 2.15. The molecule has 0 fully saturated rings. The van der Waals surface area contributed by atoms with Crippen LogP contribution in [0.3, 0.4) is 0 Å². The van der Waals surface area contributed by atoms with Crippen LogP contribution >= 0.6 is 0 Å². The van der Waals surface area contributed by atoms with Crippen LogP contribution in [0.15, 0.2) is 30.0 Å². The molecular formula is C15H19NO. The highest BCUT2D eigenvalue weighted by Crippen LogP contribution is 2.23. The summed E-state index contributed by atoms with van der Waals surface area (Å²) in [6, 6.07) is 8.16. The third kappa shape index (κ3) is 2.57. The van der Waals surface area contributed by atoms with E-state index in [-0.39, 0.29) is 5.91 Å². The minimum absolute atomic E-state index is 0.192. The quantitative estimate of drug-likeness (QED) is 0.779. The lowest BCUT2D eigenvalue weighted by Gasteiger charge is -2.18. The molecule has 0 aliphatic carbocycles. The number of hydrogen-bond acceptors (Lipinski definition) is 1. The third-order valence-electron chi connectivity index (χ3n) is 3.31. The van der Waals surface area contributed by atoms with Crippen molar-refractivity contribution < 1.29 is 4.79 Å². The number of nitrogens with zero attached hydrogens (tertiary/aromatic N) is 1. The van der Waals surface area contributed by atoms with Crippen molar-refractivity contribution >= 4 is 12.0 Å². The molecule has 0 saturated carbocycles. The number of benzene rings is 1. The van der Waals surface area contributed by atoms with E-state index in [1.165, 1.54) is 5.56 Å². The van der Waals surface area contributed by atoms with E-state index < -0.39 is 0 Å². The second-order valence-electron chi connectivity index (χ2n) is 4.57. The summed E-state index contributed by atoms with van der Waals surface area (Å²) in [5, 5.41) is 0. The van der Waals surface area contributed by atoms with Crippen LogP contribution < -0.4 is 0 Å². The summed E-state index contributed by atoms with van der Waals surface area (Å²) in [6.07, 6.45) is 5.94. The van der Waals surface area contributed by atoms with Gasteiger partial charge in [-0.1, -0.05) is 37.6 Å². The highest BCUT2D eigenvalue weighted by atomic mass is 16.2. The Labute approximate surface area is 103 Å². The Morgan fingerprint density at radius 1 is 1.29 bits per heavy atom. The van der Waals surface area contributed by atoms with Crippen molar-refractivity contribution in [2.45, 2.75) is 32.6 Å². The molecule has 0 unspecified atom stereocenters. The Bertz CT molecular complexity index is 448. The van der Waals surface area contributed by atoms with Crippen LogP contribution in [0.5, 0.6) is 0 Å². The number of allylic oxidation sites excluding steroid dienone is 1. The summed E-state index contributed by atoms with van der Waals surface area (Å²) in [5.74, 6) is 0.192. The molecule has 1 aliphatic heterocycles. The largest absolute Gasteiger partial charge is 0.319 e. The zero-order valence-electron chi connectivity index (χ0n) is 10.6. The van der Waals surface area contributed by atoms with Gasteiger partial charge in [0.25, 0.3) is 0 Å². The van der Waals surface area contributed by atoms with Gasteiger partial charge >= 0.3 is 0 Å². The van der Waals surface area contributed by atoms with Gasteiger partial charge in [-0.15, -0.1) is 0 Å². The molecule has 17 heavy (non-hydrogen) atoms. The molecular weight excluding hydrogens is 210 g/mol. The van der Waals surface area contributed by atoms with Crippen LogP contribution in [0, 0.1) is 0 Å². The first-order valence-electron chi connectivity index (χ1n) is 6.27. The fourth-order valence-corrected chi connectivity index (χ4v) is 2.15. The summed E-state index contributed by atoms with van der Waals surface area (Å²) >= 11 is 0. The lowest BCUT2D eigenvalue weighted by atomic mass is 10.0. The van der Waals surface area contributed by atoms with Crippen molar-refractivity contribution in [2.75, 3.05) is 7.05 Å². The van der Waals surface area contributed by atoms with Crippen LogP contribution in [0.2, 0.25) is 0 Å². The van der Waals surface area contributed by atoms with E-state index in [1.54, 1.807) is 0 Å². The Morgan fingerprint density at radius 3 is 2.82 bits per heavy atom. The lowest BCUT2D eigenvalue weighted by molar-refractivity contribution is -0.127. The molecule has 0 saturated heterocycles. The van der Waals surface area contributed by atoms with Crippen molar-refractivity contribution in [3.63, 3.8) is 0 Å². The normalized spacial score (nSPS) is 15.3. The Hall–Kier alpha value is -1.57. The Kier molecular flexibility index (Phi) is 3.62. The third-order valence-corrected chi connectivity index (χ3v) is 3.31. The molecule has 0 aromatic heterocycles. The first kappa shape index (κ1) is 11.9. The number of unbranched alkanes of at least 4 members (excludes halogenated alkanes) is 1. The van der Waals surface area contributed by atoms with Gasteiger partial charge in [-0.2, -0.15) is 0 Å². The predicted molar refractivity (Wildman–Crippen MR) is 70.4 cm³/mol. The second-order valence-corrected chi connectivity index (χ2v) is 4.57. The molecule has 90 valence electrons. The second kappa shape index (κ2) is 5.17. The fraction of sp³-hybridized carbons (Fsp3) is 0.400. The molecule has 2 rings (SSSR count). The smallest absolute Gasteiger partial charge is 0.230 e. The molecule has 1 aromatic rings. The lowest BCUT2D eigenvalue weighted by Crippen LogP contribution is -2.26. The van der Waals surface area contributed by atoms with E-state index in [1.807, 2.05) is 30.1 Å². The van der Waals surface area contributed by atoms with Gasteiger partial charge in [0, 0.05) is 12.7 Å². The minimum atomic E-state index is 0.192. The molecule has 0 N–H and O–H groups in total. The molecule has 0 atom stereocenters. The maximum Gasteiger partial charge on any atom is 0.230 e. The number of amides is 1. The van der Waals surface area contributed by atoms with Crippen molar-refractivity contribution in [1.29, 1.82) is 0 Å². The zero-order chi connectivity index (χ0) is 12.3. The minimum Gasteiger partial charge on any atom is -0.319 e. The molecule has 1 aliphatic rings. The average Bonchev–Trinajstić information content (AvgIpc) is 2.46. The van der Waals surface area contributed by atoms with Crippen LogP contribution in [-0.2, 0) is 11.2 Å². The molecule has 1 amide bonds. The molecule has 0 radical (unpaired) electrons. The van der Waals surface area contributed by atoms with Crippen LogP contribution in [0.4, 0.5) is 0 Å². The van der Waals surface area contributed by atoms with Crippen molar-refractivity contribution in [3.05, 3.63) is 41.1 Å². The van der Waals surface area contributed by atoms with Crippen LogP contribution in [-0.4, -0.2) is 17.9 Å². The Morgan fingerprint density at radius 2 is 2.06 bits per heavy atom. The van der Waals surface area contributed by atoms with E-state index in [9.17, 15) is 4.79 Å². The summed E-state index contributed by atoms with van der Waals surface area (Å²) < 4.78 is 0. The van der Waals surface area contributed by atoms with Gasteiger partial charge in [0.15, 0.2) is 0 Å². The zero-order valence-corrected chi connectivity index (χ0v) is 10.6. The summed E-state index contributed by atoms with van der Waals surface area (Å²) in [4.78, 5) is 13.9. The molecule has 2 nitrogen and oxygen atoms in total. The first-order valence-corrected chi connectivity index (χ1v) is 6.27. The maximum atomic E-state index is 12.0. The standard InChI is InChI=1S/C15H19NO/c1-3-4-9-14-10-12-7-5-6-8-13(12)11-15(17)16(14)2/h5-8,10H,3-4,9,11H2,1-2H3. The van der Waals surface area contributed by atoms with Crippen molar-refractivity contribution in [2.24, 2.45) is 0 Å². The van der Waals surface area contributed by atoms with Crippen LogP contribution in [0.25, 0.3) is 6.08 Å². The Balaban J connectivity index is 2.35. The van der Waals surface area contributed by atoms with E-state index in [0.29, 0.717) is 6.42 Å². The first-order chi connectivity index (χ1) is 8.22. The molecule has 1 aromatic carbocycles. The van der Waals surface area contributed by atoms with Gasteiger partial charge in [-0.05, 0) is 30.0 Å². The topological polar surface area (TPSA) is 20.3 Å².